The van der Waals surface area contributed by atoms with Gasteiger partial charge in [0.15, 0.2) is 0 Å². The lowest BCUT2D eigenvalue weighted by molar-refractivity contribution is -0.149. The van der Waals surface area contributed by atoms with Crippen molar-refractivity contribution in [3.8, 4) is 0 Å². The maximum Gasteiger partial charge on any atom is 0.310 e. The summed E-state index contributed by atoms with van der Waals surface area (Å²) in [5.74, 6) is -0.469. The van der Waals surface area contributed by atoms with Crippen molar-refractivity contribution in [2.45, 2.75) is 13.8 Å². The van der Waals surface area contributed by atoms with Gasteiger partial charge in [0.1, 0.15) is 6.61 Å². The Morgan fingerprint density at radius 3 is 2.67 bits per heavy atom. The number of ether oxygens (including phenoxy) is 2. The average molecular weight is 175 g/mol. The van der Waals surface area contributed by atoms with Crippen LogP contribution in [0.2, 0.25) is 0 Å². The highest BCUT2D eigenvalue weighted by atomic mass is 16.6. The van der Waals surface area contributed by atoms with Crippen molar-refractivity contribution in [1.29, 1.82) is 0 Å². The monoisotopic (exact) mass is 175 g/mol. The highest BCUT2D eigenvalue weighted by molar-refractivity contribution is 5.72. The molecule has 0 aromatic carbocycles. The van der Waals surface area contributed by atoms with Crippen LogP contribution in [0.3, 0.4) is 0 Å². The molecule has 0 bridgehead atoms. The predicted octanol–water partition coefficient (Wildman–Crippen LogP) is 0.161. The van der Waals surface area contributed by atoms with E-state index in [1.54, 1.807) is 6.92 Å². The van der Waals surface area contributed by atoms with Crippen molar-refractivity contribution < 1.29 is 14.3 Å². The minimum absolute atomic E-state index is 0.216. The van der Waals surface area contributed by atoms with Gasteiger partial charge in [-0.15, -0.1) is 0 Å². The van der Waals surface area contributed by atoms with E-state index in [1.807, 2.05) is 6.92 Å². The van der Waals surface area contributed by atoms with E-state index < -0.39 is 0 Å². The van der Waals surface area contributed by atoms with Gasteiger partial charge in [-0.1, -0.05) is 6.92 Å². The molecule has 0 heterocycles. The van der Waals surface area contributed by atoms with Gasteiger partial charge in [0.2, 0.25) is 0 Å². The molecule has 0 fully saturated rings. The molecule has 2 N–H and O–H groups in total. The molecule has 0 radical (unpaired) electrons. The summed E-state index contributed by atoms with van der Waals surface area (Å²) in [6, 6.07) is 0. The number of carbonyl (C=O) groups excluding carboxylic acids is 1. The van der Waals surface area contributed by atoms with Crippen molar-refractivity contribution in [2.75, 3.05) is 26.4 Å². The van der Waals surface area contributed by atoms with Crippen LogP contribution >= 0.6 is 0 Å². The fraction of sp³-hybridized carbons (Fsp3) is 0.875. The van der Waals surface area contributed by atoms with Crippen LogP contribution in [0, 0.1) is 5.92 Å². The fourth-order valence-corrected chi connectivity index (χ4v) is 0.584. The van der Waals surface area contributed by atoms with Crippen molar-refractivity contribution in [2.24, 2.45) is 11.7 Å². The van der Waals surface area contributed by atoms with E-state index in [2.05, 4.69) is 0 Å². The Kier molecular flexibility index (Phi) is 6.70. The Bertz CT molecular complexity index is 127. The van der Waals surface area contributed by atoms with Crippen LogP contribution in [-0.4, -0.2) is 32.3 Å². The third kappa shape index (κ3) is 5.09. The Morgan fingerprint density at radius 1 is 1.50 bits per heavy atom. The molecular weight excluding hydrogens is 158 g/mol. The number of esters is 1. The van der Waals surface area contributed by atoms with Gasteiger partial charge in [0.25, 0.3) is 0 Å². The molecule has 1 atom stereocenters. The van der Waals surface area contributed by atoms with E-state index in [9.17, 15) is 4.79 Å². The van der Waals surface area contributed by atoms with Crippen LogP contribution in [0.1, 0.15) is 13.8 Å². The zero-order valence-electron chi connectivity index (χ0n) is 7.71. The number of carbonyl (C=O) groups is 1. The number of hydrogen-bond donors (Lipinski definition) is 1. The first-order valence-electron chi connectivity index (χ1n) is 4.16. The molecule has 12 heavy (non-hydrogen) atoms. The molecule has 0 aliphatic heterocycles. The van der Waals surface area contributed by atoms with Gasteiger partial charge in [0, 0.05) is 13.2 Å². The molecule has 0 saturated carbocycles. The van der Waals surface area contributed by atoms with Gasteiger partial charge < -0.3 is 15.2 Å². The lowest BCUT2D eigenvalue weighted by Gasteiger charge is -2.08. The molecule has 0 aliphatic rings. The maximum absolute atomic E-state index is 11.0. The SMILES string of the molecule is CCOCCOC(=O)C(C)CN. The van der Waals surface area contributed by atoms with E-state index >= 15 is 0 Å². The highest BCUT2D eigenvalue weighted by Crippen LogP contribution is 1.94. The molecule has 0 aromatic heterocycles. The molecule has 4 nitrogen and oxygen atoms in total. The molecule has 0 saturated heterocycles. The Morgan fingerprint density at radius 2 is 2.17 bits per heavy atom. The lowest BCUT2D eigenvalue weighted by Crippen LogP contribution is -2.24. The zero-order chi connectivity index (χ0) is 9.40. The fourth-order valence-electron chi connectivity index (χ4n) is 0.584. The molecule has 1 unspecified atom stereocenters. The van der Waals surface area contributed by atoms with Gasteiger partial charge >= 0.3 is 5.97 Å². The van der Waals surface area contributed by atoms with Crippen LogP contribution in [0.4, 0.5) is 0 Å². The second-order valence-corrected chi connectivity index (χ2v) is 2.50. The summed E-state index contributed by atoms with van der Waals surface area (Å²) in [5.41, 5.74) is 5.27. The van der Waals surface area contributed by atoms with Crippen molar-refractivity contribution in [1.82, 2.24) is 0 Å². The Hall–Kier alpha value is -0.610. The molecule has 0 amide bonds. The van der Waals surface area contributed by atoms with Crippen molar-refractivity contribution in [3.63, 3.8) is 0 Å². The molecule has 0 aromatic rings. The molecule has 4 heteroatoms. The second-order valence-electron chi connectivity index (χ2n) is 2.50. The summed E-state index contributed by atoms with van der Waals surface area (Å²) in [6.45, 7) is 5.38. The number of hydrogen-bond acceptors (Lipinski definition) is 4. The van der Waals surface area contributed by atoms with E-state index in [0.29, 0.717) is 26.4 Å². The molecule has 0 aliphatic carbocycles. The summed E-state index contributed by atoms with van der Waals surface area (Å²) in [5, 5.41) is 0. The van der Waals surface area contributed by atoms with Crippen LogP contribution in [0.15, 0.2) is 0 Å². The van der Waals surface area contributed by atoms with Crippen LogP contribution < -0.4 is 5.73 Å². The second kappa shape index (κ2) is 7.06. The molecule has 72 valence electrons. The third-order valence-corrected chi connectivity index (χ3v) is 1.43. The first-order valence-corrected chi connectivity index (χ1v) is 4.16. The van der Waals surface area contributed by atoms with Crippen LogP contribution in [0.25, 0.3) is 0 Å². The molecule has 0 spiro atoms. The van der Waals surface area contributed by atoms with Gasteiger partial charge in [-0.3, -0.25) is 4.79 Å². The average Bonchev–Trinajstić information content (AvgIpc) is 2.10. The standard InChI is InChI=1S/C8H17NO3/c1-3-11-4-5-12-8(10)7(2)6-9/h7H,3-6,9H2,1-2H3. The third-order valence-electron chi connectivity index (χ3n) is 1.43. The highest BCUT2D eigenvalue weighted by Gasteiger charge is 2.11. The largest absolute Gasteiger partial charge is 0.463 e. The summed E-state index contributed by atoms with van der Waals surface area (Å²) in [4.78, 5) is 11.0. The lowest BCUT2D eigenvalue weighted by atomic mass is 10.2. The van der Waals surface area contributed by atoms with E-state index in [4.69, 9.17) is 15.2 Å². The summed E-state index contributed by atoms with van der Waals surface area (Å²) in [7, 11) is 0. The zero-order valence-corrected chi connectivity index (χ0v) is 7.71. The first-order chi connectivity index (χ1) is 5.72. The normalized spacial score (nSPS) is 12.6. The van der Waals surface area contributed by atoms with Gasteiger partial charge in [-0.25, -0.2) is 0 Å². The quantitative estimate of drug-likeness (QED) is 0.461. The van der Waals surface area contributed by atoms with Crippen LogP contribution in [0.5, 0.6) is 0 Å². The number of nitrogens with two attached hydrogens (primary N) is 1. The number of rotatable bonds is 6. The van der Waals surface area contributed by atoms with Gasteiger partial charge in [0.05, 0.1) is 12.5 Å². The Labute approximate surface area is 73.0 Å². The van der Waals surface area contributed by atoms with Crippen molar-refractivity contribution in [3.05, 3.63) is 0 Å². The van der Waals surface area contributed by atoms with E-state index in [1.165, 1.54) is 0 Å². The first kappa shape index (κ1) is 11.4. The summed E-state index contributed by atoms with van der Waals surface area (Å²) >= 11 is 0. The summed E-state index contributed by atoms with van der Waals surface area (Å²) in [6.07, 6.45) is 0. The van der Waals surface area contributed by atoms with E-state index in [0.717, 1.165) is 0 Å². The molecular formula is C8H17NO3. The van der Waals surface area contributed by atoms with Crippen LogP contribution in [-0.2, 0) is 14.3 Å². The smallest absolute Gasteiger partial charge is 0.310 e. The topological polar surface area (TPSA) is 61.5 Å². The predicted molar refractivity (Wildman–Crippen MR) is 45.7 cm³/mol. The molecule has 0 rings (SSSR count). The van der Waals surface area contributed by atoms with E-state index in [-0.39, 0.29) is 11.9 Å². The van der Waals surface area contributed by atoms with Crippen molar-refractivity contribution >= 4 is 5.97 Å². The maximum atomic E-state index is 11.0. The summed E-state index contributed by atoms with van der Waals surface area (Å²) < 4.78 is 9.84. The van der Waals surface area contributed by atoms with Gasteiger partial charge in [-0.05, 0) is 6.92 Å². The Balaban J connectivity index is 3.31. The minimum Gasteiger partial charge on any atom is -0.463 e. The van der Waals surface area contributed by atoms with Gasteiger partial charge in [-0.2, -0.15) is 0 Å². The minimum atomic E-state index is -0.253.